The summed E-state index contributed by atoms with van der Waals surface area (Å²) in [6.45, 7) is 6.24. The van der Waals surface area contributed by atoms with Gasteiger partial charge in [0.25, 0.3) is 0 Å². The van der Waals surface area contributed by atoms with Gasteiger partial charge in [-0.15, -0.1) is 0 Å². The van der Waals surface area contributed by atoms with Crippen LogP contribution >= 0.6 is 15.9 Å². The maximum absolute atomic E-state index is 10.1. The second-order valence-electron chi connectivity index (χ2n) is 4.75. The molecule has 0 amide bonds. The van der Waals surface area contributed by atoms with Crippen molar-refractivity contribution in [2.24, 2.45) is 11.7 Å². The molecule has 3 heteroatoms. The van der Waals surface area contributed by atoms with E-state index in [0.29, 0.717) is 5.92 Å². The van der Waals surface area contributed by atoms with Crippen LogP contribution in [-0.4, -0.2) is 11.1 Å². The third-order valence-electron chi connectivity index (χ3n) is 2.69. The van der Waals surface area contributed by atoms with Crippen molar-refractivity contribution in [2.75, 3.05) is 0 Å². The first-order valence-electron chi connectivity index (χ1n) is 5.61. The van der Waals surface area contributed by atoms with Gasteiger partial charge in [-0.05, 0) is 36.5 Å². The van der Waals surface area contributed by atoms with Gasteiger partial charge >= 0.3 is 0 Å². The van der Waals surface area contributed by atoms with Crippen LogP contribution in [-0.2, 0) is 0 Å². The van der Waals surface area contributed by atoms with Crippen LogP contribution < -0.4 is 5.73 Å². The first kappa shape index (κ1) is 13.7. The number of aliphatic hydroxyl groups is 1. The van der Waals surface area contributed by atoms with Crippen LogP contribution in [0.15, 0.2) is 22.7 Å². The zero-order chi connectivity index (χ0) is 12.3. The Kier molecular flexibility index (Phi) is 4.96. The third-order valence-corrected chi connectivity index (χ3v) is 3.54. The van der Waals surface area contributed by atoms with Crippen molar-refractivity contribution in [2.45, 2.75) is 39.3 Å². The zero-order valence-electron chi connectivity index (χ0n) is 10.1. The summed E-state index contributed by atoms with van der Waals surface area (Å²) in [6, 6.07) is 5.67. The van der Waals surface area contributed by atoms with E-state index in [9.17, 15) is 5.11 Å². The number of benzene rings is 1. The molecule has 0 aliphatic heterocycles. The molecule has 3 N–H and O–H groups in total. The summed E-state index contributed by atoms with van der Waals surface area (Å²) in [5.74, 6) is 0.499. The van der Waals surface area contributed by atoms with Crippen molar-refractivity contribution in [1.29, 1.82) is 0 Å². The number of aliphatic hydroxyl groups excluding tert-OH is 1. The highest BCUT2D eigenvalue weighted by molar-refractivity contribution is 9.10. The van der Waals surface area contributed by atoms with E-state index in [1.165, 1.54) is 0 Å². The Bertz CT molecular complexity index is 352. The Morgan fingerprint density at radius 3 is 2.50 bits per heavy atom. The highest BCUT2D eigenvalue weighted by Crippen LogP contribution is 2.25. The normalized spacial score (nSPS) is 15.2. The zero-order valence-corrected chi connectivity index (χ0v) is 11.7. The monoisotopic (exact) mass is 285 g/mol. The first-order valence-corrected chi connectivity index (χ1v) is 6.40. The molecule has 16 heavy (non-hydrogen) atoms. The molecular formula is C13H20BrNO. The topological polar surface area (TPSA) is 46.2 Å². The molecule has 0 saturated carbocycles. The highest BCUT2D eigenvalue weighted by atomic mass is 79.9. The van der Waals surface area contributed by atoms with Crippen LogP contribution in [0.4, 0.5) is 0 Å². The van der Waals surface area contributed by atoms with Gasteiger partial charge in [-0.25, -0.2) is 0 Å². The number of hydrogen-bond acceptors (Lipinski definition) is 2. The predicted molar refractivity (Wildman–Crippen MR) is 71.3 cm³/mol. The van der Waals surface area contributed by atoms with E-state index in [4.69, 9.17) is 5.73 Å². The van der Waals surface area contributed by atoms with Gasteiger partial charge in [0.05, 0.1) is 6.10 Å². The lowest BCUT2D eigenvalue weighted by Crippen LogP contribution is -2.29. The van der Waals surface area contributed by atoms with Crippen LogP contribution in [0.25, 0.3) is 0 Å². The minimum absolute atomic E-state index is 0.199. The molecular weight excluding hydrogens is 266 g/mol. The van der Waals surface area contributed by atoms with E-state index in [1.54, 1.807) is 0 Å². The number of aryl methyl sites for hydroxylation is 1. The Morgan fingerprint density at radius 2 is 2.00 bits per heavy atom. The van der Waals surface area contributed by atoms with Gasteiger partial charge in [0.1, 0.15) is 0 Å². The smallest absolute Gasteiger partial charge is 0.0941 e. The van der Waals surface area contributed by atoms with Crippen molar-refractivity contribution in [1.82, 2.24) is 0 Å². The van der Waals surface area contributed by atoms with Crippen LogP contribution in [0.1, 0.15) is 37.5 Å². The second-order valence-corrected chi connectivity index (χ2v) is 5.60. The maximum atomic E-state index is 10.1. The molecule has 2 nitrogen and oxygen atoms in total. The summed E-state index contributed by atoms with van der Waals surface area (Å²) in [5.41, 5.74) is 8.01. The second kappa shape index (κ2) is 5.80. The number of halogens is 1. The Labute approximate surface area is 106 Å². The molecule has 0 aromatic heterocycles. The molecule has 0 aliphatic carbocycles. The Balaban J connectivity index is 2.79. The Morgan fingerprint density at radius 1 is 1.38 bits per heavy atom. The molecule has 2 atom stereocenters. The summed E-state index contributed by atoms with van der Waals surface area (Å²) in [6.07, 6.45) is 0.242. The fourth-order valence-corrected chi connectivity index (χ4v) is 2.11. The SMILES string of the molecule is Cc1ccc(C(O)C(N)CC(C)C)cc1Br. The quantitative estimate of drug-likeness (QED) is 0.893. The van der Waals surface area contributed by atoms with Crippen molar-refractivity contribution in [3.63, 3.8) is 0 Å². The summed E-state index contributed by atoms with van der Waals surface area (Å²) in [4.78, 5) is 0. The summed E-state index contributed by atoms with van der Waals surface area (Å²) in [5, 5.41) is 10.1. The molecule has 0 aliphatic rings. The molecule has 0 fully saturated rings. The summed E-state index contributed by atoms with van der Waals surface area (Å²) < 4.78 is 1.01. The largest absolute Gasteiger partial charge is 0.387 e. The van der Waals surface area contributed by atoms with Crippen molar-refractivity contribution in [3.05, 3.63) is 33.8 Å². The first-order chi connectivity index (χ1) is 7.41. The van der Waals surface area contributed by atoms with Gasteiger partial charge < -0.3 is 10.8 Å². The van der Waals surface area contributed by atoms with Crippen LogP contribution in [0.5, 0.6) is 0 Å². The maximum Gasteiger partial charge on any atom is 0.0941 e. The lowest BCUT2D eigenvalue weighted by molar-refractivity contribution is 0.136. The molecule has 1 aromatic carbocycles. The van der Waals surface area contributed by atoms with Gasteiger partial charge in [0.2, 0.25) is 0 Å². The van der Waals surface area contributed by atoms with Gasteiger partial charge in [0.15, 0.2) is 0 Å². The molecule has 0 bridgehead atoms. The van der Waals surface area contributed by atoms with Gasteiger partial charge in [-0.1, -0.05) is 41.9 Å². The third kappa shape index (κ3) is 3.58. The molecule has 0 heterocycles. The van der Waals surface area contributed by atoms with Crippen LogP contribution in [0.2, 0.25) is 0 Å². The van der Waals surface area contributed by atoms with E-state index in [1.807, 2.05) is 25.1 Å². The molecule has 1 rings (SSSR count). The molecule has 0 saturated heterocycles. The van der Waals surface area contributed by atoms with E-state index in [-0.39, 0.29) is 6.04 Å². The predicted octanol–water partition coefficient (Wildman–Crippen LogP) is 3.16. The van der Waals surface area contributed by atoms with E-state index in [2.05, 4.69) is 29.8 Å². The summed E-state index contributed by atoms with van der Waals surface area (Å²) in [7, 11) is 0. The number of nitrogens with two attached hydrogens (primary N) is 1. The fraction of sp³-hybridized carbons (Fsp3) is 0.538. The van der Waals surface area contributed by atoms with Crippen molar-refractivity contribution in [3.8, 4) is 0 Å². The molecule has 0 spiro atoms. The molecule has 1 aromatic rings. The van der Waals surface area contributed by atoms with Gasteiger partial charge in [-0.2, -0.15) is 0 Å². The highest BCUT2D eigenvalue weighted by Gasteiger charge is 2.18. The average molecular weight is 286 g/mol. The van der Waals surface area contributed by atoms with E-state index in [0.717, 1.165) is 22.0 Å². The van der Waals surface area contributed by atoms with Crippen molar-refractivity contribution < 1.29 is 5.11 Å². The van der Waals surface area contributed by atoms with Gasteiger partial charge in [-0.3, -0.25) is 0 Å². The van der Waals surface area contributed by atoms with E-state index >= 15 is 0 Å². The van der Waals surface area contributed by atoms with Crippen LogP contribution in [0, 0.1) is 12.8 Å². The minimum atomic E-state index is -0.584. The summed E-state index contributed by atoms with van der Waals surface area (Å²) >= 11 is 3.46. The Hall–Kier alpha value is -0.380. The number of hydrogen-bond donors (Lipinski definition) is 2. The lowest BCUT2D eigenvalue weighted by Gasteiger charge is -2.21. The number of rotatable bonds is 4. The molecule has 90 valence electrons. The molecule has 0 radical (unpaired) electrons. The van der Waals surface area contributed by atoms with Gasteiger partial charge in [0, 0.05) is 10.5 Å². The van der Waals surface area contributed by atoms with Crippen molar-refractivity contribution >= 4 is 15.9 Å². The lowest BCUT2D eigenvalue weighted by atomic mass is 9.95. The molecule has 2 unspecified atom stereocenters. The standard InChI is InChI=1S/C13H20BrNO/c1-8(2)6-12(15)13(16)10-5-4-9(3)11(14)7-10/h4-5,7-8,12-13,16H,6,15H2,1-3H3. The fourth-order valence-electron chi connectivity index (χ4n) is 1.71. The van der Waals surface area contributed by atoms with Crippen LogP contribution in [0.3, 0.4) is 0 Å². The minimum Gasteiger partial charge on any atom is -0.387 e. The average Bonchev–Trinajstić information content (AvgIpc) is 2.20. The van der Waals surface area contributed by atoms with E-state index < -0.39 is 6.10 Å².